The Morgan fingerprint density at radius 3 is 2.92 bits per heavy atom. The van der Waals surface area contributed by atoms with Gasteiger partial charge >= 0.3 is 0 Å². The number of para-hydroxylation sites is 2. The van der Waals surface area contributed by atoms with Gasteiger partial charge in [0.15, 0.2) is 5.78 Å². The van der Waals surface area contributed by atoms with E-state index in [1.807, 2.05) is 36.4 Å². The largest absolute Gasteiger partial charge is 0.467 e. The summed E-state index contributed by atoms with van der Waals surface area (Å²) in [5.41, 5.74) is 3.72. The molecule has 2 unspecified atom stereocenters. The van der Waals surface area contributed by atoms with E-state index in [2.05, 4.69) is 16.8 Å². The van der Waals surface area contributed by atoms with Gasteiger partial charge < -0.3 is 9.73 Å². The number of anilines is 1. The van der Waals surface area contributed by atoms with Crippen LogP contribution in [0.25, 0.3) is 11.0 Å². The summed E-state index contributed by atoms with van der Waals surface area (Å²) < 4.78 is 7.79. The third-order valence-electron chi connectivity index (χ3n) is 4.91. The number of furan rings is 1. The maximum atomic E-state index is 12.8. The van der Waals surface area contributed by atoms with Crippen LogP contribution in [0.15, 0.2) is 58.3 Å². The molecule has 0 fully saturated rings. The summed E-state index contributed by atoms with van der Waals surface area (Å²) in [6, 6.07) is 11.5. The topological polar surface area (TPSA) is 60.1 Å². The van der Waals surface area contributed by atoms with Crippen LogP contribution in [-0.2, 0) is 4.79 Å². The molecule has 0 radical (unpaired) electrons. The lowest BCUT2D eigenvalue weighted by molar-refractivity contribution is -0.117. The van der Waals surface area contributed by atoms with Crippen LogP contribution < -0.4 is 5.32 Å². The second-order valence-electron chi connectivity index (χ2n) is 6.67. The first-order valence-electron chi connectivity index (χ1n) is 8.26. The molecular weight excluding hydrogens is 302 g/mol. The highest BCUT2D eigenvalue weighted by atomic mass is 16.3. The number of rotatable bonds is 1. The first-order chi connectivity index (χ1) is 11.7. The Kier molecular flexibility index (Phi) is 2.74. The number of nitrogens with one attached hydrogen (secondary N) is 1. The number of hydrogen-bond acceptors (Lipinski definition) is 4. The van der Waals surface area contributed by atoms with Crippen molar-refractivity contribution < 1.29 is 9.21 Å². The second-order valence-corrected chi connectivity index (χ2v) is 6.67. The Hall–Kier alpha value is -2.82. The van der Waals surface area contributed by atoms with Gasteiger partial charge in [-0.3, -0.25) is 9.36 Å². The van der Waals surface area contributed by atoms with Gasteiger partial charge in [0.25, 0.3) is 0 Å². The number of aromatic nitrogens is 2. The number of imidazole rings is 1. The van der Waals surface area contributed by atoms with Crippen LogP contribution in [0.4, 0.5) is 5.95 Å². The first-order valence-corrected chi connectivity index (χ1v) is 8.26. The minimum absolute atomic E-state index is 0.195. The SMILES string of the molecule is CC1CC(=O)C2=C(C1)Nc1nc3ccccc3n1C2c1ccco1. The van der Waals surface area contributed by atoms with E-state index < -0.39 is 0 Å². The van der Waals surface area contributed by atoms with Crippen LogP contribution in [0.1, 0.15) is 31.6 Å². The molecule has 1 aromatic carbocycles. The summed E-state index contributed by atoms with van der Waals surface area (Å²) in [6.07, 6.45) is 3.10. The molecule has 2 atom stereocenters. The van der Waals surface area contributed by atoms with Crippen molar-refractivity contribution in [1.82, 2.24) is 9.55 Å². The van der Waals surface area contributed by atoms with E-state index in [-0.39, 0.29) is 11.8 Å². The minimum Gasteiger partial charge on any atom is -0.467 e. The van der Waals surface area contributed by atoms with Crippen molar-refractivity contribution in [3.05, 3.63) is 59.7 Å². The van der Waals surface area contributed by atoms with Crippen molar-refractivity contribution in [2.24, 2.45) is 5.92 Å². The molecule has 24 heavy (non-hydrogen) atoms. The maximum absolute atomic E-state index is 12.8. The van der Waals surface area contributed by atoms with Gasteiger partial charge in [0.05, 0.1) is 17.3 Å². The van der Waals surface area contributed by atoms with Crippen LogP contribution in [0.3, 0.4) is 0 Å². The molecular formula is C19H17N3O2. The van der Waals surface area contributed by atoms with Crippen molar-refractivity contribution in [2.75, 3.05) is 5.32 Å². The van der Waals surface area contributed by atoms with E-state index >= 15 is 0 Å². The molecule has 1 aliphatic heterocycles. The molecule has 0 saturated carbocycles. The van der Waals surface area contributed by atoms with Crippen LogP contribution in [-0.4, -0.2) is 15.3 Å². The Labute approximate surface area is 139 Å². The molecule has 0 bridgehead atoms. The third-order valence-corrected chi connectivity index (χ3v) is 4.91. The summed E-state index contributed by atoms with van der Waals surface area (Å²) in [7, 11) is 0. The lowest BCUT2D eigenvalue weighted by atomic mass is 9.82. The monoisotopic (exact) mass is 319 g/mol. The fourth-order valence-corrected chi connectivity index (χ4v) is 3.94. The Morgan fingerprint density at radius 2 is 2.08 bits per heavy atom. The Balaban J connectivity index is 1.81. The maximum Gasteiger partial charge on any atom is 0.209 e. The molecule has 5 heteroatoms. The highest BCUT2D eigenvalue weighted by Crippen LogP contribution is 2.43. The lowest BCUT2D eigenvalue weighted by Gasteiger charge is -2.34. The van der Waals surface area contributed by atoms with E-state index in [4.69, 9.17) is 9.40 Å². The smallest absolute Gasteiger partial charge is 0.209 e. The van der Waals surface area contributed by atoms with Crippen molar-refractivity contribution in [3.8, 4) is 0 Å². The van der Waals surface area contributed by atoms with Crippen LogP contribution in [0.2, 0.25) is 0 Å². The molecule has 3 aromatic rings. The standard InChI is InChI=1S/C19H17N3O2/c1-11-9-13-17(15(23)10-11)18(16-7-4-8-24-16)22-14-6-3-2-5-12(14)20-19(22)21-13/h2-8,11,18H,9-10H2,1H3,(H,20,21). The van der Waals surface area contributed by atoms with Crippen LogP contribution in [0.5, 0.6) is 0 Å². The van der Waals surface area contributed by atoms with Crippen LogP contribution >= 0.6 is 0 Å². The fourth-order valence-electron chi connectivity index (χ4n) is 3.94. The Bertz CT molecular complexity index is 981. The van der Waals surface area contributed by atoms with E-state index in [9.17, 15) is 4.79 Å². The van der Waals surface area contributed by atoms with Gasteiger partial charge in [0, 0.05) is 17.7 Å². The number of nitrogens with zero attached hydrogens (tertiary/aromatic N) is 2. The number of hydrogen-bond donors (Lipinski definition) is 1. The quantitative estimate of drug-likeness (QED) is 0.739. The predicted octanol–water partition coefficient (Wildman–Crippen LogP) is 3.90. The van der Waals surface area contributed by atoms with Gasteiger partial charge in [-0.05, 0) is 36.6 Å². The number of Topliss-reactive ketones (excluding diaryl/α,β-unsaturated/α-hetero) is 1. The normalized spacial score (nSPS) is 23.1. The molecule has 0 spiro atoms. The van der Waals surface area contributed by atoms with Gasteiger partial charge in [-0.1, -0.05) is 19.1 Å². The zero-order valence-electron chi connectivity index (χ0n) is 13.3. The first kappa shape index (κ1) is 13.6. The molecule has 2 aromatic heterocycles. The zero-order valence-corrected chi connectivity index (χ0v) is 13.3. The van der Waals surface area contributed by atoms with Gasteiger partial charge in [-0.2, -0.15) is 0 Å². The molecule has 5 nitrogen and oxygen atoms in total. The van der Waals surface area contributed by atoms with Crippen molar-refractivity contribution in [1.29, 1.82) is 0 Å². The molecule has 0 amide bonds. The number of fused-ring (bicyclic) bond motifs is 3. The minimum atomic E-state index is -0.251. The van der Waals surface area contributed by atoms with Gasteiger partial charge in [0.1, 0.15) is 11.8 Å². The molecule has 3 heterocycles. The average molecular weight is 319 g/mol. The van der Waals surface area contributed by atoms with Gasteiger partial charge in [-0.15, -0.1) is 0 Å². The van der Waals surface area contributed by atoms with Crippen molar-refractivity contribution in [2.45, 2.75) is 25.8 Å². The molecule has 2 aliphatic rings. The summed E-state index contributed by atoms with van der Waals surface area (Å²) in [5.74, 6) is 2.09. The summed E-state index contributed by atoms with van der Waals surface area (Å²) >= 11 is 0. The van der Waals surface area contributed by atoms with E-state index in [0.29, 0.717) is 12.3 Å². The molecule has 5 rings (SSSR count). The fraction of sp³-hybridized carbons (Fsp3) is 0.263. The Morgan fingerprint density at radius 1 is 1.21 bits per heavy atom. The van der Waals surface area contributed by atoms with Crippen LogP contribution in [0, 0.1) is 5.92 Å². The number of allylic oxidation sites excluding steroid dienone is 2. The van der Waals surface area contributed by atoms with E-state index in [0.717, 1.165) is 40.4 Å². The molecule has 0 saturated heterocycles. The predicted molar refractivity (Wildman–Crippen MR) is 90.6 cm³/mol. The number of carbonyl (C=O) groups is 1. The third kappa shape index (κ3) is 1.81. The van der Waals surface area contributed by atoms with Crippen molar-refractivity contribution in [3.63, 3.8) is 0 Å². The summed E-state index contributed by atoms with van der Waals surface area (Å²) in [4.78, 5) is 17.6. The van der Waals surface area contributed by atoms with Gasteiger partial charge in [0.2, 0.25) is 5.95 Å². The molecule has 120 valence electrons. The van der Waals surface area contributed by atoms with Gasteiger partial charge in [-0.25, -0.2) is 4.98 Å². The summed E-state index contributed by atoms with van der Waals surface area (Å²) in [6.45, 7) is 2.11. The second kappa shape index (κ2) is 4.84. The molecule has 1 N–H and O–H groups in total. The summed E-state index contributed by atoms with van der Waals surface area (Å²) in [5, 5.41) is 3.41. The lowest BCUT2D eigenvalue weighted by Crippen LogP contribution is -2.32. The highest BCUT2D eigenvalue weighted by molar-refractivity contribution is 6.00. The molecule has 1 aliphatic carbocycles. The number of carbonyl (C=O) groups excluding carboxylic acids is 1. The van der Waals surface area contributed by atoms with Crippen molar-refractivity contribution >= 4 is 22.8 Å². The number of ketones is 1. The van der Waals surface area contributed by atoms with E-state index in [1.54, 1.807) is 6.26 Å². The van der Waals surface area contributed by atoms with E-state index in [1.165, 1.54) is 0 Å². The zero-order chi connectivity index (χ0) is 16.3. The highest BCUT2D eigenvalue weighted by Gasteiger charge is 2.39. The number of benzene rings is 1. The average Bonchev–Trinajstić information content (AvgIpc) is 3.20.